The number of hydrogen-bond acceptors (Lipinski definition) is 2. The number of carbonyl (C=O) groups excluding carboxylic acids is 1. The van der Waals surface area contributed by atoms with Gasteiger partial charge in [-0.1, -0.05) is 32.8 Å². The number of unbranched alkanes of at least 4 members (excludes halogenated alkanes) is 3. The first-order chi connectivity index (χ1) is 6.24. The van der Waals surface area contributed by atoms with Gasteiger partial charge in [-0.15, -0.1) is 0 Å². The minimum atomic E-state index is -0.235. The SMILES string of the molecule is C=C1CN(CCCCCC)C(=O)O1. The van der Waals surface area contributed by atoms with Gasteiger partial charge in [-0.3, -0.25) is 0 Å². The highest BCUT2D eigenvalue weighted by molar-refractivity contribution is 5.71. The molecular weight excluding hydrogens is 166 g/mol. The zero-order valence-corrected chi connectivity index (χ0v) is 8.21. The van der Waals surface area contributed by atoms with Gasteiger partial charge in [0, 0.05) is 6.54 Å². The molecule has 13 heavy (non-hydrogen) atoms. The van der Waals surface area contributed by atoms with Crippen molar-refractivity contribution < 1.29 is 9.53 Å². The topological polar surface area (TPSA) is 29.5 Å². The van der Waals surface area contributed by atoms with Gasteiger partial charge in [-0.05, 0) is 6.42 Å². The average molecular weight is 183 g/mol. The summed E-state index contributed by atoms with van der Waals surface area (Å²) < 4.78 is 4.82. The predicted octanol–water partition coefficient (Wildman–Crippen LogP) is 2.53. The van der Waals surface area contributed by atoms with Crippen molar-refractivity contribution in [3.05, 3.63) is 12.3 Å². The Labute approximate surface area is 79.4 Å². The van der Waals surface area contributed by atoms with Gasteiger partial charge in [0.2, 0.25) is 0 Å². The Hall–Kier alpha value is -0.990. The molecule has 74 valence electrons. The number of carbonyl (C=O) groups is 1. The first-order valence-electron chi connectivity index (χ1n) is 4.88. The molecule has 1 rings (SSSR count). The van der Waals surface area contributed by atoms with E-state index in [9.17, 15) is 4.79 Å². The molecule has 0 aromatic carbocycles. The molecule has 0 bridgehead atoms. The molecule has 1 aliphatic rings. The number of nitrogens with zero attached hydrogens (tertiary/aromatic N) is 1. The fourth-order valence-corrected chi connectivity index (χ4v) is 1.40. The molecule has 0 aromatic heterocycles. The van der Waals surface area contributed by atoms with E-state index in [0.29, 0.717) is 12.3 Å². The van der Waals surface area contributed by atoms with Crippen molar-refractivity contribution in [3.8, 4) is 0 Å². The minimum Gasteiger partial charge on any atom is -0.413 e. The standard InChI is InChI=1S/C10H17NO2/c1-3-4-5-6-7-11-8-9(2)13-10(11)12/h2-8H2,1H3. The molecule has 0 unspecified atom stereocenters. The molecule has 0 N–H and O–H groups in total. The molecule has 0 radical (unpaired) electrons. The monoisotopic (exact) mass is 183 g/mol. The smallest absolute Gasteiger partial charge is 0.413 e. The summed E-state index contributed by atoms with van der Waals surface area (Å²) >= 11 is 0. The zero-order chi connectivity index (χ0) is 9.68. The van der Waals surface area contributed by atoms with Crippen LogP contribution in [0.3, 0.4) is 0 Å². The first-order valence-corrected chi connectivity index (χ1v) is 4.88. The fourth-order valence-electron chi connectivity index (χ4n) is 1.40. The van der Waals surface area contributed by atoms with Crippen molar-refractivity contribution in [1.29, 1.82) is 0 Å². The van der Waals surface area contributed by atoms with Crippen molar-refractivity contribution in [3.63, 3.8) is 0 Å². The van der Waals surface area contributed by atoms with Crippen molar-refractivity contribution in [2.45, 2.75) is 32.6 Å². The van der Waals surface area contributed by atoms with Crippen LogP contribution in [-0.4, -0.2) is 24.1 Å². The molecule has 0 saturated carbocycles. The number of amides is 1. The van der Waals surface area contributed by atoms with Crippen LogP contribution in [0.5, 0.6) is 0 Å². The highest BCUT2D eigenvalue weighted by Gasteiger charge is 2.24. The van der Waals surface area contributed by atoms with Gasteiger partial charge in [0.05, 0.1) is 6.54 Å². The zero-order valence-electron chi connectivity index (χ0n) is 8.21. The second-order valence-corrected chi connectivity index (χ2v) is 3.39. The van der Waals surface area contributed by atoms with Gasteiger partial charge in [-0.2, -0.15) is 0 Å². The van der Waals surface area contributed by atoms with Gasteiger partial charge >= 0.3 is 6.09 Å². The van der Waals surface area contributed by atoms with Crippen LogP contribution in [0.1, 0.15) is 32.6 Å². The molecule has 0 aliphatic carbocycles. The molecule has 0 aromatic rings. The van der Waals surface area contributed by atoms with E-state index in [4.69, 9.17) is 4.74 Å². The normalized spacial score (nSPS) is 16.5. The summed E-state index contributed by atoms with van der Waals surface area (Å²) in [5.41, 5.74) is 0. The van der Waals surface area contributed by atoms with E-state index in [0.717, 1.165) is 13.0 Å². The number of hydrogen-bond donors (Lipinski definition) is 0. The molecule has 1 amide bonds. The summed E-state index contributed by atoms with van der Waals surface area (Å²) in [5, 5.41) is 0. The lowest BCUT2D eigenvalue weighted by atomic mass is 10.2. The Morgan fingerprint density at radius 2 is 2.23 bits per heavy atom. The highest BCUT2D eigenvalue weighted by Crippen LogP contribution is 2.13. The van der Waals surface area contributed by atoms with Gasteiger partial charge in [0.25, 0.3) is 0 Å². The van der Waals surface area contributed by atoms with Crippen LogP contribution in [0, 0.1) is 0 Å². The van der Waals surface area contributed by atoms with E-state index in [2.05, 4.69) is 13.5 Å². The van der Waals surface area contributed by atoms with E-state index in [1.165, 1.54) is 19.3 Å². The second kappa shape index (κ2) is 4.90. The predicted molar refractivity (Wildman–Crippen MR) is 51.3 cm³/mol. The maximum atomic E-state index is 11.1. The van der Waals surface area contributed by atoms with E-state index in [1.807, 2.05) is 0 Å². The number of cyclic esters (lactones) is 1. The Morgan fingerprint density at radius 3 is 2.77 bits per heavy atom. The molecule has 0 atom stereocenters. The van der Waals surface area contributed by atoms with Crippen LogP contribution in [0.15, 0.2) is 12.3 Å². The summed E-state index contributed by atoms with van der Waals surface area (Å²) in [4.78, 5) is 12.8. The fraction of sp³-hybridized carbons (Fsp3) is 0.700. The van der Waals surface area contributed by atoms with E-state index < -0.39 is 0 Å². The minimum absolute atomic E-state index is 0.235. The largest absolute Gasteiger partial charge is 0.415 e. The van der Waals surface area contributed by atoms with Crippen LogP contribution in [0.4, 0.5) is 4.79 Å². The quantitative estimate of drug-likeness (QED) is 0.613. The summed E-state index contributed by atoms with van der Waals surface area (Å²) in [6.45, 7) is 7.16. The molecule has 0 spiro atoms. The van der Waals surface area contributed by atoms with Crippen LogP contribution in [0.25, 0.3) is 0 Å². The maximum Gasteiger partial charge on any atom is 0.415 e. The molecule has 1 heterocycles. The molecular formula is C10H17NO2. The molecule has 1 saturated heterocycles. The Bertz CT molecular complexity index is 201. The molecule has 3 heteroatoms. The lowest BCUT2D eigenvalue weighted by molar-refractivity contribution is 0.168. The summed E-state index contributed by atoms with van der Waals surface area (Å²) in [5.74, 6) is 0.570. The Kier molecular flexibility index (Phi) is 3.80. The van der Waals surface area contributed by atoms with E-state index in [-0.39, 0.29) is 6.09 Å². The first kappa shape index (κ1) is 10.1. The Balaban J connectivity index is 2.14. The second-order valence-electron chi connectivity index (χ2n) is 3.39. The van der Waals surface area contributed by atoms with Crippen molar-refractivity contribution in [1.82, 2.24) is 4.90 Å². The van der Waals surface area contributed by atoms with Crippen molar-refractivity contribution in [2.24, 2.45) is 0 Å². The molecule has 3 nitrogen and oxygen atoms in total. The lowest BCUT2D eigenvalue weighted by Crippen LogP contribution is -2.25. The average Bonchev–Trinajstić information content (AvgIpc) is 2.39. The van der Waals surface area contributed by atoms with E-state index in [1.54, 1.807) is 4.90 Å². The summed E-state index contributed by atoms with van der Waals surface area (Å²) in [6, 6.07) is 0. The van der Waals surface area contributed by atoms with Crippen LogP contribution >= 0.6 is 0 Å². The highest BCUT2D eigenvalue weighted by atomic mass is 16.6. The van der Waals surface area contributed by atoms with Gasteiger partial charge in [-0.25, -0.2) is 4.79 Å². The molecule has 1 fully saturated rings. The summed E-state index contributed by atoms with van der Waals surface area (Å²) in [6.07, 6.45) is 4.48. The lowest BCUT2D eigenvalue weighted by Gasteiger charge is -2.10. The van der Waals surface area contributed by atoms with Crippen molar-refractivity contribution in [2.75, 3.05) is 13.1 Å². The van der Waals surface area contributed by atoms with Crippen LogP contribution in [-0.2, 0) is 4.74 Å². The maximum absolute atomic E-state index is 11.1. The van der Waals surface area contributed by atoms with Crippen molar-refractivity contribution >= 4 is 6.09 Å². The van der Waals surface area contributed by atoms with Gasteiger partial charge < -0.3 is 9.64 Å². The van der Waals surface area contributed by atoms with E-state index >= 15 is 0 Å². The third-order valence-electron chi connectivity index (χ3n) is 2.14. The van der Waals surface area contributed by atoms with Gasteiger partial charge in [0.1, 0.15) is 5.76 Å². The third-order valence-corrected chi connectivity index (χ3v) is 2.14. The van der Waals surface area contributed by atoms with Gasteiger partial charge in [0.15, 0.2) is 0 Å². The van der Waals surface area contributed by atoms with Crippen LogP contribution < -0.4 is 0 Å². The molecule has 1 aliphatic heterocycles. The third kappa shape index (κ3) is 3.09. The van der Waals surface area contributed by atoms with Crippen LogP contribution in [0.2, 0.25) is 0 Å². The number of ether oxygens (including phenoxy) is 1. The summed E-state index contributed by atoms with van der Waals surface area (Å²) in [7, 11) is 0. The Morgan fingerprint density at radius 1 is 1.46 bits per heavy atom. The number of rotatable bonds is 5.